The molecule has 1 unspecified atom stereocenters. The summed E-state index contributed by atoms with van der Waals surface area (Å²) in [5.41, 5.74) is 8.14. The van der Waals surface area contributed by atoms with Gasteiger partial charge in [0, 0.05) is 6.54 Å². The molecule has 39 heavy (non-hydrogen) atoms. The molecule has 9 heteroatoms. The standard InChI is InChI=1S/C24H47N5O4.C4H10.C2H6/c1-3-5-18-29(24(32)33-4-2)28-22(30)19-27-23(31)21(15-9-10-16-25)26-17-11-14-20-12-7-6-8-13-20;1-3-4-2;1-2/h20-21,26H,3-19,25H2,1-2H3,(H,27,31)(H,28,30);3-4H2,1-2H3;1-2H3. The second-order valence-corrected chi connectivity index (χ2v) is 9.89. The van der Waals surface area contributed by atoms with Crippen molar-refractivity contribution < 1.29 is 19.1 Å². The summed E-state index contributed by atoms with van der Waals surface area (Å²) >= 11 is 0. The number of nitrogens with two attached hydrogens (primary N) is 1. The van der Waals surface area contributed by atoms with Crippen LogP contribution >= 0.6 is 0 Å². The Bertz CT molecular complexity index is 584. The lowest BCUT2D eigenvalue weighted by Crippen LogP contribution is -2.52. The Labute approximate surface area is 240 Å². The van der Waals surface area contributed by atoms with Gasteiger partial charge in [-0.05, 0) is 58.0 Å². The molecule has 1 aliphatic carbocycles. The number of rotatable bonds is 17. The molecule has 0 bridgehead atoms. The number of carbonyl (C=O) groups excluding carboxylic acids is 3. The van der Waals surface area contributed by atoms with Gasteiger partial charge in [0.1, 0.15) is 0 Å². The molecule has 9 nitrogen and oxygen atoms in total. The summed E-state index contributed by atoms with van der Waals surface area (Å²) < 4.78 is 4.98. The highest BCUT2D eigenvalue weighted by molar-refractivity contribution is 5.88. The molecule has 0 spiro atoms. The Kier molecular flexibility index (Phi) is 29.3. The lowest BCUT2D eigenvalue weighted by molar-refractivity contribution is -0.129. The maximum Gasteiger partial charge on any atom is 0.428 e. The molecule has 3 amide bonds. The minimum absolute atomic E-state index is 0.196. The average Bonchev–Trinajstić information content (AvgIpc) is 2.97. The van der Waals surface area contributed by atoms with E-state index >= 15 is 0 Å². The molecule has 5 N–H and O–H groups in total. The van der Waals surface area contributed by atoms with E-state index in [-0.39, 0.29) is 25.1 Å². The first-order chi connectivity index (χ1) is 18.9. The van der Waals surface area contributed by atoms with Crippen LogP contribution in [0.15, 0.2) is 0 Å². The van der Waals surface area contributed by atoms with Gasteiger partial charge in [0.05, 0.1) is 19.2 Å². The maximum atomic E-state index is 12.7. The van der Waals surface area contributed by atoms with Crippen molar-refractivity contribution >= 4 is 17.9 Å². The lowest BCUT2D eigenvalue weighted by Gasteiger charge is -2.23. The Morgan fingerprint density at radius 2 is 1.59 bits per heavy atom. The molecule has 1 aliphatic rings. The number of hydrogen-bond donors (Lipinski definition) is 4. The van der Waals surface area contributed by atoms with Crippen LogP contribution in [0.5, 0.6) is 0 Å². The molecular formula is C30H63N5O4. The van der Waals surface area contributed by atoms with E-state index in [9.17, 15) is 14.4 Å². The van der Waals surface area contributed by atoms with Crippen LogP contribution in [-0.4, -0.2) is 61.7 Å². The molecule has 1 rings (SSSR count). The van der Waals surface area contributed by atoms with E-state index < -0.39 is 12.0 Å². The van der Waals surface area contributed by atoms with E-state index in [4.69, 9.17) is 10.5 Å². The number of unbranched alkanes of at least 4 members (excludes halogenated alkanes) is 3. The van der Waals surface area contributed by atoms with E-state index in [1.807, 2.05) is 20.8 Å². The summed E-state index contributed by atoms with van der Waals surface area (Å²) in [4.78, 5) is 37.1. The van der Waals surface area contributed by atoms with Crippen molar-refractivity contribution in [3.63, 3.8) is 0 Å². The van der Waals surface area contributed by atoms with Gasteiger partial charge in [0.25, 0.3) is 5.91 Å². The molecule has 1 atom stereocenters. The molecule has 0 saturated heterocycles. The number of nitrogens with one attached hydrogen (secondary N) is 3. The van der Waals surface area contributed by atoms with Gasteiger partial charge in [-0.2, -0.15) is 0 Å². The zero-order valence-corrected chi connectivity index (χ0v) is 26.2. The van der Waals surface area contributed by atoms with Gasteiger partial charge < -0.3 is 21.1 Å². The van der Waals surface area contributed by atoms with Crippen LogP contribution in [0.25, 0.3) is 0 Å². The number of carbonyl (C=O) groups is 3. The number of nitrogens with zero attached hydrogens (tertiary/aromatic N) is 1. The van der Waals surface area contributed by atoms with Gasteiger partial charge in [0.15, 0.2) is 0 Å². The second-order valence-electron chi connectivity index (χ2n) is 9.89. The first kappa shape index (κ1) is 39.3. The number of hydrazine groups is 1. The monoisotopic (exact) mass is 557 g/mol. The third-order valence-corrected chi connectivity index (χ3v) is 6.57. The highest BCUT2D eigenvalue weighted by Gasteiger charge is 2.21. The van der Waals surface area contributed by atoms with Gasteiger partial charge >= 0.3 is 6.09 Å². The fourth-order valence-electron chi connectivity index (χ4n) is 4.15. The van der Waals surface area contributed by atoms with Gasteiger partial charge in [-0.15, -0.1) is 0 Å². The Balaban J connectivity index is 0. The fraction of sp³-hybridized carbons (Fsp3) is 0.900. The molecule has 0 heterocycles. The van der Waals surface area contributed by atoms with Crippen LogP contribution in [-0.2, 0) is 14.3 Å². The summed E-state index contributed by atoms with van der Waals surface area (Å²) in [6, 6.07) is -0.350. The quantitative estimate of drug-likeness (QED) is 0.135. The highest BCUT2D eigenvalue weighted by atomic mass is 16.6. The van der Waals surface area contributed by atoms with E-state index in [1.54, 1.807) is 6.92 Å². The fourth-order valence-corrected chi connectivity index (χ4v) is 4.15. The molecular weight excluding hydrogens is 494 g/mol. The number of amides is 3. The van der Waals surface area contributed by atoms with Crippen molar-refractivity contribution in [3.8, 4) is 0 Å². The molecule has 232 valence electrons. The van der Waals surface area contributed by atoms with E-state index in [1.165, 1.54) is 56.4 Å². The van der Waals surface area contributed by atoms with Crippen molar-refractivity contribution in [2.24, 2.45) is 11.7 Å². The van der Waals surface area contributed by atoms with Crippen molar-refractivity contribution in [2.45, 2.75) is 137 Å². The predicted molar refractivity (Wildman–Crippen MR) is 162 cm³/mol. The molecule has 1 saturated carbocycles. The third-order valence-electron chi connectivity index (χ3n) is 6.57. The zero-order chi connectivity index (χ0) is 29.7. The highest BCUT2D eigenvalue weighted by Crippen LogP contribution is 2.27. The van der Waals surface area contributed by atoms with Crippen molar-refractivity contribution in [1.29, 1.82) is 0 Å². The van der Waals surface area contributed by atoms with Crippen LogP contribution in [0.3, 0.4) is 0 Å². The topological polar surface area (TPSA) is 126 Å². The summed E-state index contributed by atoms with van der Waals surface area (Å²) in [6.07, 6.45) is 15.0. The van der Waals surface area contributed by atoms with Gasteiger partial charge in [-0.3, -0.25) is 15.0 Å². The molecule has 0 aromatic heterocycles. The minimum atomic E-state index is -0.593. The van der Waals surface area contributed by atoms with Gasteiger partial charge in [-0.1, -0.05) is 92.4 Å². The average molecular weight is 558 g/mol. The smallest absolute Gasteiger partial charge is 0.428 e. The third kappa shape index (κ3) is 22.6. The summed E-state index contributed by atoms with van der Waals surface area (Å²) in [5, 5.41) is 7.26. The lowest BCUT2D eigenvalue weighted by atomic mass is 9.86. The largest absolute Gasteiger partial charge is 0.448 e. The second kappa shape index (κ2) is 29.1. The van der Waals surface area contributed by atoms with Gasteiger partial charge in [-0.25, -0.2) is 9.80 Å². The first-order valence-corrected chi connectivity index (χ1v) is 15.9. The van der Waals surface area contributed by atoms with Crippen LogP contribution < -0.4 is 21.8 Å². The Morgan fingerprint density at radius 1 is 0.923 bits per heavy atom. The summed E-state index contributed by atoms with van der Waals surface area (Å²) in [6.45, 7) is 13.8. The number of hydrogen-bond acceptors (Lipinski definition) is 6. The number of ether oxygens (including phenoxy) is 1. The molecule has 1 fully saturated rings. The normalized spacial score (nSPS) is 13.6. The molecule has 0 aromatic carbocycles. The maximum absolute atomic E-state index is 12.7. The van der Waals surface area contributed by atoms with Crippen molar-refractivity contribution in [2.75, 3.05) is 32.8 Å². The summed E-state index contributed by atoms with van der Waals surface area (Å²) in [5.74, 6) is 0.172. The SMILES string of the molecule is CC.CCCC.CCCCN(NC(=O)CNC(=O)C(CCCCN)NCCCC1CCCCC1)C(=O)OCC. The Hall–Kier alpha value is -1.87. The van der Waals surface area contributed by atoms with Crippen LogP contribution in [0.1, 0.15) is 131 Å². The van der Waals surface area contributed by atoms with Crippen molar-refractivity contribution in [3.05, 3.63) is 0 Å². The zero-order valence-electron chi connectivity index (χ0n) is 26.2. The van der Waals surface area contributed by atoms with E-state index in [0.717, 1.165) is 44.6 Å². The van der Waals surface area contributed by atoms with E-state index in [0.29, 0.717) is 19.5 Å². The molecule has 0 aromatic rings. The Morgan fingerprint density at radius 3 is 2.15 bits per heavy atom. The van der Waals surface area contributed by atoms with E-state index in [2.05, 4.69) is 29.9 Å². The van der Waals surface area contributed by atoms with Crippen LogP contribution in [0.2, 0.25) is 0 Å². The first-order valence-electron chi connectivity index (χ1n) is 15.9. The molecule has 0 radical (unpaired) electrons. The van der Waals surface area contributed by atoms with Crippen molar-refractivity contribution in [1.82, 2.24) is 21.1 Å². The molecule has 0 aliphatic heterocycles. The summed E-state index contributed by atoms with van der Waals surface area (Å²) in [7, 11) is 0. The van der Waals surface area contributed by atoms with Crippen LogP contribution in [0.4, 0.5) is 4.79 Å². The van der Waals surface area contributed by atoms with Gasteiger partial charge in [0.2, 0.25) is 5.91 Å². The van der Waals surface area contributed by atoms with Crippen LogP contribution in [0, 0.1) is 5.92 Å². The minimum Gasteiger partial charge on any atom is -0.448 e. The predicted octanol–water partition coefficient (Wildman–Crippen LogP) is 5.67.